The lowest BCUT2D eigenvalue weighted by molar-refractivity contribution is -0.137. The summed E-state index contributed by atoms with van der Waals surface area (Å²) in [6.07, 6.45) is 4.17. The van der Waals surface area contributed by atoms with Gasteiger partial charge in [0, 0.05) is 11.1 Å². The van der Waals surface area contributed by atoms with Gasteiger partial charge in [0.05, 0.1) is 34.0 Å². The van der Waals surface area contributed by atoms with E-state index in [1.54, 1.807) is 18.2 Å². The SMILES string of the molecule is CCCCCCCCCc1nc2cc(C(=O)N[C@@H](C)c3cccc(-c4ccccc4)c3)ccc2nc1-c1ccc(C(F)(F)F)cc1. The first-order chi connectivity index (χ1) is 22.2. The van der Waals surface area contributed by atoms with Crippen LogP contribution in [0.3, 0.4) is 0 Å². The maximum Gasteiger partial charge on any atom is 0.416 e. The first-order valence-corrected chi connectivity index (χ1v) is 16.2. The van der Waals surface area contributed by atoms with E-state index in [-0.39, 0.29) is 11.9 Å². The fourth-order valence-electron chi connectivity index (χ4n) is 5.69. The molecule has 0 unspecified atom stereocenters. The number of fused-ring (bicyclic) bond motifs is 1. The zero-order valence-electron chi connectivity index (χ0n) is 26.4. The fourth-order valence-corrected chi connectivity index (χ4v) is 5.69. The molecule has 1 aromatic heterocycles. The molecule has 0 radical (unpaired) electrons. The van der Waals surface area contributed by atoms with Gasteiger partial charge in [-0.3, -0.25) is 4.79 Å². The van der Waals surface area contributed by atoms with Crippen LogP contribution in [0.5, 0.6) is 0 Å². The minimum absolute atomic E-state index is 0.221. The molecule has 4 aromatic carbocycles. The van der Waals surface area contributed by atoms with E-state index in [1.165, 1.54) is 37.8 Å². The van der Waals surface area contributed by atoms with E-state index in [2.05, 4.69) is 36.5 Å². The molecule has 4 nitrogen and oxygen atoms in total. The second-order valence-corrected chi connectivity index (χ2v) is 11.9. The number of carbonyl (C=O) groups is 1. The number of benzene rings is 4. The van der Waals surface area contributed by atoms with Crippen LogP contribution in [0.2, 0.25) is 0 Å². The number of aromatic nitrogens is 2. The largest absolute Gasteiger partial charge is 0.416 e. The molecule has 7 heteroatoms. The Labute approximate surface area is 269 Å². The van der Waals surface area contributed by atoms with Gasteiger partial charge < -0.3 is 5.32 Å². The second-order valence-electron chi connectivity index (χ2n) is 11.9. The van der Waals surface area contributed by atoms with Crippen LogP contribution >= 0.6 is 0 Å². The van der Waals surface area contributed by atoms with Crippen molar-refractivity contribution >= 4 is 16.9 Å². The molecule has 0 saturated carbocycles. The lowest BCUT2D eigenvalue weighted by Crippen LogP contribution is -2.26. The molecule has 1 N–H and O–H groups in total. The molecule has 0 saturated heterocycles. The van der Waals surface area contributed by atoms with Crippen LogP contribution in [-0.4, -0.2) is 15.9 Å². The van der Waals surface area contributed by atoms with E-state index in [9.17, 15) is 18.0 Å². The van der Waals surface area contributed by atoms with Crippen molar-refractivity contribution in [2.45, 2.75) is 77.4 Å². The van der Waals surface area contributed by atoms with Gasteiger partial charge in [-0.15, -0.1) is 0 Å². The topological polar surface area (TPSA) is 54.9 Å². The van der Waals surface area contributed by atoms with Crippen molar-refractivity contribution in [1.29, 1.82) is 0 Å². The van der Waals surface area contributed by atoms with Crippen molar-refractivity contribution in [2.24, 2.45) is 0 Å². The minimum Gasteiger partial charge on any atom is -0.346 e. The third-order valence-electron chi connectivity index (χ3n) is 8.34. The van der Waals surface area contributed by atoms with Gasteiger partial charge in [0.2, 0.25) is 0 Å². The number of unbranched alkanes of at least 4 members (excludes halogenated alkanes) is 6. The van der Waals surface area contributed by atoms with Gasteiger partial charge in [-0.1, -0.05) is 106 Å². The smallest absolute Gasteiger partial charge is 0.346 e. The Morgan fingerprint density at radius 2 is 1.41 bits per heavy atom. The Bertz CT molecular complexity index is 1750. The molecule has 0 aliphatic heterocycles. The zero-order valence-corrected chi connectivity index (χ0v) is 26.4. The number of rotatable bonds is 13. The van der Waals surface area contributed by atoms with Crippen molar-refractivity contribution in [3.05, 3.63) is 119 Å². The summed E-state index contributed by atoms with van der Waals surface area (Å²) in [6, 6.07) is 28.3. The number of halogens is 3. The number of carbonyl (C=O) groups excluding carboxylic acids is 1. The zero-order chi connectivity index (χ0) is 32.5. The summed E-state index contributed by atoms with van der Waals surface area (Å²) in [7, 11) is 0. The van der Waals surface area contributed by atoms with Gasteiger partial charge in [0.1, 0.15) is 0 Å². The molecular formula is C39H40F3N3O. The Morgan fingerprint density at radius 3 is 2.13 bits per heavy atom. The van der Waals surface area contributed by atoms with Crippen molar-refractivity contribution in [1.82, 2.24) is 15.3 Å². The Balaban J connectivity index is 1.37. The molecular weight excluding hydrogens is 583 g/mol. The highest BCUT2D eigenvalue weighted by Gasteiger charge is 2.30. The third-order valence-corrected chi connectivity index (χ3v) is 8.34. The van der Waals surface area contributed by atoms with Crippen molar-refractivity contribution < 1.29 is 18.0 Å². The molecule has 5 aromatic rings. The Hall–Kier alpha value is -4.52. The maximum absolute atomic E-state index is 13.4. The minimum atomic E-state index is -4.41. The van der Waals surface area contributed by atoms with Crippen LogP contribution in [-0.2, 0) is 12.6 Å². The fraction of sp³-hybridized carbons (Fsp3) is 0.308. The van der Waals surface area contributed by atoms with Crippen LogP contribution in [0, 0.1) is 0 Å². The third kappa shape index (κ3) is 8.39. The molecule has 1 heterocycles. The Kier molecular flexibility index (Phi) is 10.8. The summed E-state index contributed by atoms with van der Waals surface area (Å²) < 4.78 is 39.7. The average molecular weight is 624 g/mol. The molecule has 0 bridgehead atoms. The highest BCUT2D eigenvalue weighted by atomic mass is 19.4. The van der Waals surface area contributed by atoms with Gasteiger partial charge in [-0.25, -0.2) is 9.97 Å². The molecule has 1 amide bonds. The summed E-state index contributed by atoms with van der Waals surface area (Å²) in [4.78, 5) is 23.2. The number of aryl methyl sites for hydroxylation is 1. The van der Waals surface area contributed by atoms with Crippen LogP contribution in [0.1, 0.15) is 92.0 Å². The number of amides is 1. The quantitative estimate of drug-likeness (QED) is 0.133. The van der Waals surface area contributed by atoms with E-state index < -0.39 is 11.7 Å². The molecule has 0 aliphatic rings. The number of hydrogen-bond acceptors (Lipinski definition) is 3. The molecule has 0 spiro atoms. The predicted octanol–water partition coefficient (Wildman–Crippen LogP) is 10.8. The molecule has 0 fully saturated rings. The van der Waals surface area contributed by atoms with Gasteiger partial charge in [0.15, 0.2) is 0 Å². The first kappa shape index (κ1) is 32.9. The first-order valence-electron chi connectivity index (χ1n) is 16.2. The van der Waals surface area contributed by atoms with Crippen LogP contribution < -0.4 is 5.32 Å². The predicted molar refractivity (Wildman–Crippen MR) is 179 cm³/mol. The lowest BCUT2D eigenvalue weighted by Gasteiger charge is -2.16. The molecule has 238 valence electrons. The molecule has 5 rings (SSSR count). The number of nitrogens with zero attached hydrogens (tertiary/aromatic N) is 2. The van der Waals surface area contributed by atoms with Crippen molar-refractivity contribution in [3.8, 4) is 22.4 Å². The second kappa shape index (κ2) is 15.2. The molecule has 46 heavy (non-hydrogen) atoms. The lowest BCUT2D eigenvalue weighted by atomic mass is 10.00. The number of hydrogen-bond donors (Lipinski definition) is 1. The van der Waals surface area contributed by atoms with E-state index in [4.69, 9.17) is 9.97 Å². The summed E-state index contributed by atoms with van der Waals surface area (Å²) in [6.45, 7) is 4.15. The maximum atomic E-state index is 13.4. The van der Waals surface area contributed by atoms with Crippen LogP contribution in [0.4, 0.5) is 13.2 Å². The summed E-state index contributed by atoms with van der Waals surface area (Å²) >= 11 is 0. The highest BCUT2D eigenvalue weighted by Crippen LogP contribution is 2.32. The molecule has 1 atom stereocenters. The van der Waals surface area contributed by atoms with Crippen molar-refractivity contribution in [3.63, 3.8) is 0 Å². The standard InChI is InChI=1S/C39H40F3N3O/c1-3-4-5-6-7-8-12-18-35-37(29-19-22-33(23-20-29)39(40,41)42)45-34-24-21-32(26-36(34)44-35)38(46)43-27(2)30-16-13-17-31(25-30)28-14-10-9-11-15-28/h9-11,13-17,19-27H,3-8,12,18H2,1-2H3,(H,43,46)/t27-/m0/s1. The van der Waals surface area contributed by atoms with Gasteiger partial charge >= 0.3 is 6.18 Å². The van der Waals surface area contributed by atoms with Gasteiger partial charge in [-0.05, 0) is 72.9 Å². The van der Waals surface area contributed by atoms with E-state index in [0.717, 1.165) is 53.8 Å². The van der Waals surface area contributed by atoms with E-state index in [0.29, 0.717) is 34.3 Å². The van der Waals surface area contributed by atoms with E-state index in [1.807, 2.05) is 37.3 Å². The Morgan fingerprint density at radius 1 is 0.717 bits per heavy atom. The summed E-state index contributed by atoms with van der Waals surface area (Å²) in [5, 5.41) is 3.11. The van der Waals surface area contributed by atoms with Gasteiger partial charge in [-0.2, -0.15) is 13.2 Å². The van der Waals surface area contributed by atoms with E-state index >= 15 is 0 Å². The average Bonchev–Trinajstić information content (AvgIpc) is 3.07. The summed E-state index contributed by atoms with van der Waals surface area (Å²) in [5.41, 5.74) is 6.02. The summed E-state index contributed by atoms with van der Waals surface area (Å²) in [5.74, 6) is -0.221. The van der Waals surface area contributed by atoms with Crippen LogP contribution in [0.15, 0.2) is 97.1 Å². The van der Waals surface area contributed by atoms with Gasteiger partial charge in [0.25, 0.3) is 5.91 Å². The number of nitrogens with one attached hydrogen (secondary N) is 1. The van der Waals surface area contributed by atoms with Crippen molar-refractivity contribution in [2.75, 3.05) is 0 Å². The normalized spacial score (nSPS) is 12.3. The highest BCUT2D eigenvalue weighted by molar-refractivity contribution is 5.97. The molecule has 0 aliphatic carbocycles. The number of alkyl halides is 3. The van der Waals surface area contributed by atoms with Crippen LogP contribution in [0.25, 0.3) is 33.4 Å². The monoisotopic (exact) mass is 623 g/mol.